The van der Waals surface area contributed by atoms with Gasteiger partial charge in [-0.05, 0) is 0 Å². The molecule has 1 saturated heterocycles. The third kappa shape index (κ3) is 6.70. The Labute approximate surface area is 152 Å². The molecule has 0 saturated carbocycles. The molecule has 2 unspecified atom stereocenters. The van der Waals surface area contributed by atoms with Crippen LogP contribution in [0.4, 0.5) is 13.2 Å². The van der Waals surface area contributed by atoms with Gasteiger partial charge in [0, 0.05) is 26.7 Å². The first-order valence-corrected chi connectivity index (χ1v) is 7.83. The van der Waals surface area contributed by atoms with E-state index >= 15 is 0 Å². The van der Waals surface area contributed by atoms with Crippen LogP contribution >= 0.6 is 0 Å². The van der Waals surface area contributed by atoms with Crippen molar-refractivity contribution < 1.29 is 51.3 Å². The minimum atomic E-state index is -5.19. The molecule has 12 heteroatoms. The molecule has 1 fully saturated rings. The highest BCUT2D eigenvalue weighted by Crippen LogP contribution is 2.30. The van der Waals surface area contributed by atoms with Crippen LogP contribution in [0.15, 0.2) is 0 Å². The highest BCUT2D eigenvalue weighted by molar-refractivity contribution is 5.82. The van der Waals surface area contributed by atoms with Crippen LogP contribution in [0.2, 0.25) is 0 Å². The Morgan fingerprint density at radius 2 is 1.56 bits per heavy atom. The smallest absolute Gasteiger partial charge is 0.463 e. The van der Waals surface area contributed by atoms with Gasteiger partial charge < -0.3 is 24.3 Å². The van der Waals surface area contributed by atoms with Gasteiger partial charge in [-0.3, -0.25) is 19.2 Å². The van der Waals surface area contributed by atoms with Gasteiger partial charge >= 0.3 is 30.0 Å². The van der Waals surface area contributed by atoms with E-state index in [9.17, 15) is 32.3 Å². The highest BCUT2D eigenvalue weighted by atomic mass is 19.4. The molecule has 27 heavy (non-hydrogen) atoms. The summed E-state index contributed by atoms with van der Waals surface area (Å²) in [5, 5.41) is 1.69. The van der Waals surface area contributed by atoms with E-state index in [0.717, 1.165) is 20.8 Å². The lowest BCUT2D eigenvalue weighted by Crippen LogP contribution is -2.63. The number of amides is 1. The van der Waals surface area contributed by atoms with Gasteiger partial charge in [0.25, 0.3) is 0 Å². The van der Waals surface area contributed by atoms with Crippen molar-refractivity contribution >= 4 is 23.8 Å². The zero-order valence-electron chi connectivity index (χ0n) is 15.0. The van der Waals surface area contributed by atoms with E-state index in [1.807, 2.05) is 0 Å². The van der Waals surface area contributed by atoms with E-state index in [0.29, 0.717) is 0 Å². The molecule has 0 radical (unpaired) electrons. The summed E-state index contributed by atoms with van der Waals surface area (Å²) >= 11 is 0. The molecule has 5 atom stereocenters. The Bertz CT molecular complexity index is 594. The van der Waals surface area contributed by atoms with Gasteiger partial charge in [-0.1, -0.05) is 6.92 Å². The molecule has 0 aromatic carbocycles. The van der Waals surface area contributed by atoms with Crippen LogP contribution in [0.5, 0.6) is 0 Å². The van der Waals surface area contributed by atoms with Crippen LogP contribution in [0.3, 0.4) is 0 Å². The molecule has 9 nitrogen and oxygen atoms in total. The quantitative estimate of drug-likeness (QED) is 0.523. The summed E-state index contributed by atoms with van der Waals surface area (Å²) in [6.45, 7) is 4.14. The number of ether oxygens (including phenoxy) is 4. The zero-order chi connectivity index (χ0) is 20.9. The average Bonchev–Trinajstić information content (AvgIpc) is 2.49. The number of hydrogen-bond donors (Lipinski definition) is 1. The van der Waals surface area contributed by atoms with E-state index in [2.05, 4.69) is 0 Å². The largest absolute Gasteiger partial charge is 0.471 e. The van der Waals surface area contributed by atoms with Crippen molar-refractivity contribution in [3.63, 3.8) is 0 Å². The fourth-order valence-corrected chi connectivity index (χ4v) is 2.53. The lowest BCUT2D eigenvalue weighted by atomic mass is 9.88. The van der Waals surface area contributed by atoms with Gasteiger partial charge in [-0.25, -0.2) is 0 Å². The molecule has 1 rings (SSSR count). The van der Waals surface area contributed by atoms with Gasteiger partial charge in [0.1, 0.15) is 18.8 Å². The molecule has 0 bridgehead atoms. The van der Waals surface area contributed by atoms with Crippen molar-refractivity contribution in [2.24, 2.45) is 5.92 Å². The minimum Gasteiger partial charge on any atom is -0.463 e. The van der Waals surface area contributed by atoms with Gasteiger partial charge in [0.05, 0.1) is 6.04 Å². The molecule has 0 aliphatic carbocycles. The van der Waals surface area contributed by atoms with E-state index in [4.69, 9.17) is 18.9 Å². The second-order valence-corrected chi connectivity index (χ2v) is 5.89. The molecule has 1 aliphatic heterocycles. The van der Waals surface area contributed by atoms with Crippen LogP contribution in [0.1, 0.15) is 27.7 Å². The Balaban J connectivity index is 3.14. The maximum absolute atomic E-state index is 12.6. The van der Waals surface area contributed by atoms with E-state index in [1.165, 1.54) is 6.92 Å². The van der Waals surface area contributed by atoms with Crippen molar-refractivity contribution in [3.05, 3.63) is 0 Å². The second kappa shape index (κ2) is 9.02. The number of carbonyl (C=O) groups excluding carboxylic acids is 4. The summed E-state index contributed by atoms with van der Waals surface area (Å²) in [6, 6.07) is -1.47. The first-order valence-electron chi connectivity index (χ1n) is 7.83. The predicted molar refractivity (Wildman–Crippen MR) is 79.8 cm³/mol. The molecule has 1 heterocycles. The van der Waals surface area contributed by atoms with Crippen molar-refractivity contribution in [1.29, 1.82) is 0 Å². The summed E-state index contributed by atoms with van der Waals surface area (Å²) < 4.78 is 57.9. The van der Waals surface area contributed by atoms with E-state index in [1.54, 1.807) is 5.32 Å². The standard InChI is InChI=1S/C15H20F3NO8/c1-6-11(19-14(23)15(16,17)18)13(26-9(4)22)27-10(5-24-7(2)20)12(6)25-8(3)21/h6,10-13H,5H2,1-4H3,(H,19,23)/t6-,10?,11?,12-,13-/m1/s1. The van der Waals surface area contributed by atoms with Crippen LogP contribution in [0.25, 0.3) is 0 Å². The van der Waals surface area contributed by atoms with Gasteiger partial charge in [-0.15, -0.1) is 0 Å². The average molecular weight is 399 g/mol. The fraction of sp³-hybridized carbons (Fsp3) is 0.733. The van der Waals surface area contributed by atoms with Crippen LogP contribution in [-0.2, 0) is 38.1 Å². The summed E-state index contributed by atoms with van der Waals surface area (Å²) in [5.74, 6) is -5.57. The monoisotopic (exact) mass is 399 g/mol. The maximum atomic E-state index is 12.6. The zero-order valence-corrected chi connectivity index (χ0v) is 15.0. The number of carbonyl (C=O) groups is 4. The second-order valence-electron chi connectivity index (χ2n) is 5.89. The normalized spacial score (nSPS) is 28.0. The molecule has 0 spiro atoms. The SMILES string of the molecule is CC(=O)OCC1O[C@@H](OC(C)=O)C(NC(=O)C(F)(F)F)[C@@H](C)[C@H]1OC(C)=O. The molecular formula is C15H20F3NO8. The van der Waals surface area contributed by atoms with E-state index in [-0.39, 0.29) is 0 Å². The van der Waals surface area contributed by atoms with Crippen LogP contribution < -0.4 is 5.32 Å². The third-order valence-electron chi connectivity index (χ3n) is 3.64. The summed E-state index contributed by atoms with van der Waals surface area (Å²) in [7, 11) is 0. The number of halogens is 3. The first-order chi connectivity index (χ1) is 12.3. The van der Waals surface area contributed by atoms with Gasteiger partial charge in [-0.2, -0.15) is 13.2 Å². The molecular weight excluding hydrogens is 379 g/mol. The predicted octanol–water partition coefficient (Wildman–Crippen LogP) is 0.452. The number of hydrogen-bond acceptors (Lipinski definition) is 8. The minimum absolute atomic E-state index is 0.407. The van der Waals surface area contributed by atoms with E-state index < -0.39 is 67.1 Å². The summed E-state index contributed by atoms with van der Waals surface area (Å²) in [5.41, 5.74) is 0. The molecule has 0 aromatic heterocycles. The maximum Gasteiger partial charge on any atom is 0.471 e. The molecule has 1 N–H and O–H groups in total. The summed E-state index contributed by atoms with van der Waals surface area (Å²) in [6.07, 6.45) is -9.11. The van der Waals surface area contributed by atoms with Crippen molar-refractivity contribution in [2.45, 2.75) is 58.4 Å². The first kappa shape index (κ1) is 22.7. The number of rotatable bonds is 5. The van der Waals surface area contributed by atoms with Crippen LogP contribution in [0, 0.1) is 5.92 Å². The molecule has 1 aliphatic rings. The lowest BCUT2D eigenvalue weighted by molar-refractivity contribution is -0.257. The Morgan fingerprint density at radius 3 is 2.00 bits per heavy atom. The third-order valence-corrected chi connectivity index (χ3v) is 3.64. The Morgan fingerprint density at radius 1 is 1.00 bits per heavy atom. The van der Waals surface area contributed by atoms with Crippen molar-refractivity contribution in [3.8, 4) is 0 Å². The Kier molecular flexibility index (Phi) is 7.57. The molecule has 154 valence electrons. The molecule has 1 amide bonds. The number of nitrogens with one attached hydrogen (secondary N) is 1. The van der Waals surface area contributed by atoms with Crippen molar-refractivity contribution in [1.82, 2.24) is 5.32 Å². The van der Waals surface area contributed by atoms with Crippen molar-refractivity contribution in [2.75, 3.05) is 6.61 Å². The molecule has 0 aromatic rings. The Hall–Kier alpha value is -2.37. The summed E-state index contributed by atoms with van der Waals surface area (Å²) in [4.78, 5) is 45.0. The van der Waals surface area contributed by atoms with Gasteiger partial charge in [0.2, 0.25) is 6.29 Å². The lowest BCUT2D eigenvalue weighted by Gasteiger charge is -2.44. The van der Waals surface area contributed by atoms with Crippen LogP contribution in [-0.4, -0.2) is 61.1 Å². The highest BCUT2D eigenvalue weighted by Gasteiger charge is 2.50. The number of esters is 3. The fourth-order valence-electron chi connectivity index (χ4n) is 2.53. The number of alkyl halides is 3. The topological polar surface area (TPSA) is 117 Å². The van der Waals surface area contributed by atoms with Gasteiger partial charge in [0.15, 0.2) is 0 Å².